The van der Waals surface area contributed by atoms with Gasteiger partial charge in [-0.1, -0.05) is 6.92 Å². The fraction of sp³-hybridized carbons (Fsp3) is 0.750. The maximum Gasteiger partial charge on any atom is 0.210 e. The minimum atomic E-state index is -3.06. The molecule has 0 heterocycles. The third-order valence-corrected chi connectivity index (χ3v) is 1.13. The number of hydrogen-bond donors (Lipinski definition) is 2. The molecule has 0 fully saturated rings. The van der Waals surface area contributed by atoms with Crippen molar-refractivity contribution in [2.45, 2.75) is 6.92 Å². The van der Waals surface area contributed by atoms with E-state index in [-0.39, 0.29) is 0 Å². The maximum atomic E-state index is 10.3. The molecule has 0 aromatic heterocycles. The van der Waals surface area contributed by atoms with Crippen LogP contribution in [0.3, 0.4) is 0 Å². The van der Waals surface area contributed by atoms with Crippen molar-refractivity contribution in [2.75, 3.05) is 12.8 Å². The van der Waals surface area contributed by atoms with Crippen molar-refractivity contribution in [3.05, 3.63) is 6.67 Å². The molecule has 0 aliphatic rings. The molecule has 0 amide bonds. The Bertz CT molecular complexity index is 152. The zero-order valence-electron chi connectivity index (χ0n) is 5.51. The average molecular weight is 151 g/mol. The zero-order chi connectivity index (χ0) is 7.33. The van der Waals surface area contributed by atoms with E-state index in [0.717, 1.165) is 6.26 Å². The smallest absolute Gasteiger partial charge is 0.210 e. The van der Waals surface area contributed by atoms with Crippen molar-refractivity contribution in [1.29, 1.82) is 0 Å². The molecular weight excluding hydrogens is 140 g/mol. The van der Waals surface area contributed by atoms with Crippen molar-refractivity contribution >= 4 is 10.0 Å². The summed E-state index contributed by atoms with van der Waals surface area (Å²) in [6.07, 6.45) is 1.10. The Kier molecular flexibility index (Phi) is 3.76. The van der Waals surface area contributed by atoms with E-state index in [2.05, 4.69) is 10.0 Å². The lowest BCUT2D eigenvalue weighted by atomic mass is 10.8. The van der Waals surface area contributed by atoms with Crippen LogP contribution in [0.5, 0.6) is 0 Å². The molecule has 55 valence electrons. The van der Waals surface area contributed by atoms with Crippen molar-refractivity contribution in [3.8, 4) is 0 Å². The Hall–Kier alpha value is -0.130. The highest BCUT2D eigenvalue weighted by atomic mass is 32.2. The van der Waals surface area contributed by atoms with Gasteiger partial charge in [0.05, 0.1) is 6.26 Å². The van der Waals surface area contributed by atoms with Crippen molar-refractivity contribution < 1.29 is 8.42 Å². The van der Waals surface area contributed by atoms with Gasteiger partial charge in [0.15, 0.2) is 0 Å². The molecule has 0 aromatic rings. The van der Waals surface area contributed by atoms with Crippen LogP contribution in [0.15, 0.2) is 0 Å². The Labute approximate surface area is 55.7 Å². The van der Waals surface area contributed by atoms with Gasteiger partial charge in [-0.2, -0.15) is 4.72 Å². The van der Waals surface area contributed by atoms with E-state index in [4.69, 9.17) is 0 Å². The van der Waals surface area contributed by atoms with Gasteiger partial charge in [0, 0.05) is 0 Å². The summed E-state index contributed by atoms with van der Waals surface area (Å²) < 4.78 is 22.8. The molecule has 1 radical (unpaired) electrons. The predicted octanol–water partition coefficient (Wildman–Crippen LogP) is -0.736. The van der Waals surface area contributed by atoms with Gasteiger partial charge < -0.3 is 0 Å². The average Bonchev–Trinajstić information content (AvgIpc) is 1.63. The molecule has 0 unspecified atom stereocenters. The second kappa shape index (κ2) is 3.81. The first-order valence-electron chi connectivity index (χ1n) is 2.58. The van der Waals surface area contributed by atoms with Crippen LogP contribution in [0.4, 0.5) is 0 Å². The van der Waals surface area contributed by atoms with E-state index in [0.29, 0.717) is 6.54 Å². The summed E-state index contributed by atoms with van der Waals surface area (Å²) in [5.74, 6) is 0. The molecule has 0 bridgehead atoms. The highest BCUT2D eigenvalue weighted by Crippen LogP contribution is 1.71. The predicted molar refractivity (Wildman–Crippen MR) is 36.0 cm³/mol. The van der Waals surface area contributed by atoms with Crippen LogP contribution in [-0.4, -0.2) is 21.2 Å². The Morgan fingerprint density at radius 2 is 2.11 bits per heavy atom. The lowest BCUT2D eigenvalue weighted by molar-refractivity contribution is 0.590. The molecule has 0 aliphatic carbocycles. The fourth-order valence-electron chi connectivity index (χ4n) is 0.251. The van der Waals surface area contributed by atoms with Crippen LogP contribution < -0.4 is 10.0 Å². The molecule has 0 aliphatic heterocycles. The fourth-order valence-corrected chi connectivity index (χ4v) is 0.548. The lowest BCUT2D eigenvalue weighted by Gasteiger charge is -1.99. The summed E-state index contributed by atoms with van der Waals surface area (Å²) >= 11 is 0. The first kappa shape index (κ1) is 8.87. The molecule has 0 aromatic carbocycles. The van der Waals surface area contributed by atoms with Crippen molar-refractivity contribution in [1.82, 2.24) is 10.0 Å². The number of hydrogen-bond acceptors (Lipinski definition) is 3. The largest absolute Gasteiger partial charge is 0.299 e. The molecule has 0 saturated heterocycles. The highest BCUT2D eigenvalue weighted by Gasteiger charge is 1.96. The van der Waals surface area contributed by atoms with E-state index in [1.807, 2.05) is 6.92 Å². The van der Waals surface area contributed by atoms with Crippen LogP contribution in [0.25, 0.3) is 0 Å². The van der Waals surface area contributed by atoms with E-state index in [9.17, 15) is 8.42 Å². The van der Waals surface area contributed by atoms with Gasteiger partial charge in [0.1, 0.15) is 6.67 Å². The van der Waals surface area contributed by atoms with Crippen LogP contribution in [0.2, 0.25) is 0 Å². The second-order valence-electron chi connectivity index (χ2n) is 1.59. The molecule has 0 spiro atoms. The van der Waals surface area contributed by atoms with E-state index in [1.54, 1.807) is 0 Å². The SMILES string of the molecule is CCN[CH]NS(C)(=O)=O. The topological polar surface area (TPSA) is 58.2 Å². The quantitative estimate of drug-likeness (QED) is 0.520. The Morgan fingerprint density at radius 3 is 2.44 bits per heavy atom. The number of sulfonamides is 1. The summed E-state index contributed by atoms with van der Waals surface area (Å²) in [6, 6.07) is 0. The third kappa shape index (κ3) is 7.87. The lowest BCUT2D eigenvalue weighted by Crippen LogP contribution is -2.27. The molecular formula is C4H11N2O2S. The molecule has 9 heavy (non-hydrogen) atoms. The minimum Gasteiger partial charge on any atom is -0.299 e. The van der Waals surface area contributed by atoms with Crippen molar-refractivity contribution in [2.24, 2.45) is 0 Å². The van der Waals surface area contributed by atoms with Gasteiger partial charge >= 0.3 is 0 Å². The zero-order valence-corrected chi connectivity index (χ0v) is 6.33. The first-order valence-corrected chi connectivity index (χ1v) is 4.48. The Morgan fingerprint density at radius 1 is 1.56 bits per heavy atom. The third-order valence-electron chi connectivity index (χ3n) is 0.579. The van der Waals surface area contributed by atoms with Crippen molar-refractivity contribution in [3.63, 3.8) is 0 Å². The van der Waals surface area contributed by atoms with E-state index < -0.39 is 10.0 Å². The van der Waals surface area contributed by atoms with Gasteiger partial charge in [-0.25, -0.2) is 8.42 Å². The normalized spacial score (nSPS) is 11.8. The Balaban J connectivity index is 3.30. The molecule has 0 rings (SSSR count). The van der Waals surface area contributed by atoms with E-state index >= 15 is 0 Å². The highest BCUT2D eigenvalue weighted by molar-refractivity contribution is 7.88. The summed E-state index contributed by atoms with van der Waals surface area (Å²) in [5, 5.41) is 2.69. The summed E-state index contributed by atoms with van der Waals surface area (Å²) in [4.78, 5) is 0. The monoisotopic (exact) mass is 151 g/mol. The van der Waals surface area contributed by atoms with Crippen LogP contribution in [0, 0.1) is 6.67 Å². The molecule has 0 atom stereocenters. The van der Waals surface area contributed by atoms with Gasteiger partial charge in [0.25, 0.3) is 0 Å². The summed E-state index contributed by atoms with van der Waals surface area (Å²) in [7, 11) is -3.06. The van der Waals surface area contributed by atoms with Crippen LogP contribution >= 0.6 is 0 Å². The number of rotatable bonds is 4. The molecule has 0 saturated carbocycles. The van der Waals surface area contributed by atoms with Gasteiger partial charge in [-0.05, 0) is 6.54 Å². The first-order chi connectivity index (χ1) is 4.06. The van der Waals surface area contributed by atoms with Crippen LogP contribution in [-0.2, 0) is 10.0 Å². The summed E-state index contributed by atoms with van der Waals surface area (Å²) in [5.41, 5.74) is 0. The van der Waals surface area contributed by atoms with Crippen LogP contribution in [0.1, 0.15) is 6.92 Å². The number of nitrogens with one attached hydrogen (secondary N) is 2. The minimum absolute atomic E-state index is 0.711. The van der Waals surface area contributed by atoms with Gasteiger partial charge in [-0.3, -0.25) is 5.32 Å². The maximum absolute atomic E-state index is 10.3. The van der Waals surface area contributed by atoms with Gasteiger partial charge in [-0.15, -0.1) is 0 Å². The van der Waals surface area contributed by atoms with Gasteiger partial charge in [0.2, 0.25) is 10.0 Å². The molecule has 4 nitrogen and oxygen atoms in total. The molecule has 5 heteroatoms. The van der Waals surface area contributed by atoms with E-state index in [1.165, 1.54) is 6.67 Å². The second-order valence-corrected chi connectivity index (χ2v) is 3.37. The standard InChI is InChI=1S/C4H11N2O2S/c1-3-5-4-6-9(2,7)8/h4-6H,3H2,1-2H3. The summed E-state index contributed by atoms with van der Waals surface area (Å²) in [6.45, 7) is 3.89. The molecule has 2 N–H and O–H groups in total.